The maximum atomic E-state index is 12.7. The number of H-pyrrole nitrogens is 1. The maximum Gasteiger partial charge on any atom is 0.407 e. The van der Waals surface area contributed by atoms with E-state index in [4.69, 9.17) is 4.74 Å². The van der Waals surface area contributed by atoms with Gasteiger partial charge in [-0.25, -0.2) is 9.59 Å². The lowest BCUT2D eigenvalue weighted by molar-refractivity contribution is -0.141. The molecular formula is C25H24N4O7S. The molecule has 0 atom stereocenters. The Labute approximate surface area is 215 Å². The van der Waals surface area contributed by atoms with Gasteiger partial charge in [-0.2, -0.15) is 0 Å². The van der Waals surface area contributed by atoms with Crippen LogP contribution in [0.15, 0.2) is 64.3 Å². The molecule has 0 spiro atoms. The van der Waals surface area contributed by atoms with E-state index in [0.29, 0.717) is 0 Å². The molecule has 1 aromatic heterocycles. The summed E-state index contributed by atoms with van der Waals surface area (Å²) < 4.78 is 7.33. The molecule has 1 heterocycles. The van der Waals surface area contributed by atoms with Crippen LogP contribution in [0.2, 0.25) is 0 Å². The van der Waals surface area contributed by atoms with Crippen LogP contribution in [0.3, 0.4) is 0 Å². The number of rotatable bonds is 9. The number of aliphatic carboxylic acids is 1. The van der Waals surface area contributed by atoms with Gasteiger partial charge in [0.25, 0.3) is 11.5 Å². The number of carbonyl (C=O) groups is 3. The summed E-state index contributed by atoms with van der Waals surface area (Å²) in [6.07, 6.45) is 0.502. The first kappa shape index (κ1) is 25.8. The van der Waals surface area contributed by atoms with Gasteiger partial charge in [0, 0.05) is 17.7 Å². The first-order chi connectivity index (χ1) is 17.7. The molecule has 1 aliphatic rings. The Morgan fingerprint density at radius 3 is 2.32 bits per heavy atom. The Morgan fingerprint density at radius 2 is 1.70 bits per heavy atom. The quantitative estimate of drug-likeness (QED) is 0.284. The van der Waals surface area contributed by atoms with E-state index in [0.717, 1.165) is 43.1 Å². The van der Waals surface area contributed by atoms with Crippen molar-refractivity contribution in [3.05, 3.63) is 92.3 Å². The Hall–Kier alpha value is -4.32. The van der Waals surface area contributed by atoms with Gasteiger partial charge in [0.2, 0.25) is 0 Å². The number of alkyl carbamates (subject to hydrolysis) is 1. The Balaban J connectivity index is 1.33. The van der Waals surface area contributed by atoms with Gasteiger partial charge < -0.3 is 15.2 Å². The van der Waals surface area contributed by atoms with E-state index >= 15 is 0 Å². The van der Waals surface area contributed by atoms with Crippen LogP contribution in [-0.2, 0) is 20.9 Å². The molecule has 2 aromatic carbocycles. The molecule has 3 N–H and O–H groups in total. The second-order valence-corrected chi connectivity index (χ2v) is 9.29. The van der Waals surface area contributed by atoms with Crippen LogP contribution in [0.25, 0.3) is 11.1 Å². The zero-order chi connectivity index (χ0) is 26.5. The van der Waals surface area contributed by atoms with Crippen LogP contribution >= 0.6 is 11.9 Å². The summed E-state index contributed by atoms with van der Waals surface area (Å²) in [4.78, 5) is 61.8. The number of hydrogen-bond acceptors (Lipinski definition) is 7. The first-order valence-electron chi connectivity index (χ1n) is 11.3. The van der Waals surface area contributed by atoms with E-state index in [9.17, 15) is 29.1 Å². The predicted molar refractivity (Wildman–Crippen MR) is 136 cm³/mol. The normalized spacial score (nSPS) is 11.9. The third-order valence-corrected chi connectivity index (χ3v) is 6.75. The number of benzene rings is 2. The molecule has 0 saturated heterocycles. The number of ether oxygens (including phenoxy) is 1. The molecule has 1 aliphatic carbocycles. The van der Waals surface area contributed by atoms with Crippen LogP contribution in [0, 0.1) is 6.92 Å². The van der Waals surface area contributed by atoms with Crippen molar-refractivity contribution in [2.45, 2.75) is 19.4 Å². The maximum absolute atomic E-state index is 12.7. The number of carboxylic acids is 1. The number of nitrogens with one attached hydrogen (secondary N) is 2. The van der Waals surface area contributed by atoms with Gasteiger partial charge in [0.15, 0.2) is 0 Å². The molecule has 11 nitrogen and oxygen atoms in total. The zero-order valence-electron chi connectivity index (χ0n) is 19.8. The van der Waals surface area contributed by atoms with Crippen LogP contribution in [0.5, 0.6) is 0 Å². The molecule has 0 unspecified atom stereocenters. The van der Waals surface area contributed by atoms with Crippen molar-refractivity contribution in [2.75, 3.05) is 19.0 Å². The van der Waals surface area contributed by atoms with Crippen molar-refractivity contribution >= 4 is 29.9 Å². The van der Waals surface area contributed by atoms with Gasteiger partial charge in [-0.15, -0.1) is 0 Å². The molecular weight excluding hydrogens is 500 g/mol. The molecule has 0 bridgehead atoms. The molecule has 192 valence electrons. The summed E-state index contributed by atoms with van der Waals surface area (Å²) in [6, 6.07) is 15.9. The molecule has 3 aromatic rings. The smallest absolute Gasteiger partial charge is 0.407 e. The molecule has 0 fully saturated rings. The van der Waals surface area contributed by atoms with Crippen LogP contribution in [-0.4, -0.2) is 56.0 Å². The predicted octanol–water partition coefficient (Wildman–Crippen LogP) is 1.90. The minimum absolute atomic E-state index is 0.108. The van der Waals surface area contributed by atoms with Gasteiger partial charge >= 0.3 is 17.8 Å². The van der Waals surface area contributed by atoms with Gasteiger partial charge in [0.1, 0.15) is 19.7 Å². The fourth-order valence-electron chi connectivity index (χ4n) is 4.11. The fourth-order valence-corrected chi connectivity index (χ4v) is 4.85. The highest BCUT2D eigenvalue weighted by molar-refractivity contribution is 7.97. The van der Waals surface area contributed by atoms with Gasteiger partial charge in [-0.1, -0.05) is 48.5 Å². The van der Waals surface area contributed by atoms with Crippen molar-refractivity contribution in [1.82, 2.24) is 19.2 Å². The summed E-state index contributed by atoms with van der Waals surface area (Å²) in [5, 5.41) is 11.7. The SMILES string of the molecule is Cc1cn(CC(=O)N(CC(=O)O)SCNC(=O)OCC2c3ccccc3-c3ccccc32)c(=O)[nH]c1=O. The van der Waals surface area contributed by atoms with E-state index < -0.39 is 42.3 Å². The first-order valence-corrected chi connectivity index (χ1v) is 12.2. The van der Waals surface area contributed by atoms with Gasteiger partial charge in [0.05, 0.1) is 5.88 Å². The van der Waals surface area contributed by atoms with E-state index in [-0.39, 0.29) is 24.0 Å². The topological polar surface area (TPSA) is 151 Å². The zero-order valence-corrected chi connectivity index (χ0v) is 20.6. The van der Waals surface area contributed by atoms with Crippen molar-refractivity contribution < 1.29 is 24.2 Å². The summed E-state index contributed by atoms with van der Waals surface area (Å²) in [7, 11) is 0. The number of fused-ring (bicyclic) bond motifs is 3. The van der Waals surface area contributed by atoms with E-state index in [1.807, 2.05) is 48.5 Å². The van der Waals surface area contributed by atoms with Crippen LogP contribution in [0.1, 0.15) is 22.6 Å². The molecule has 12 heteroatoms. The number of aromatic nitrogens is 2. The summed E-state index contributed by atoms with van der Waals surface area (Å²) in [5.74, 6) is -2.23. The molecule has 37 heavy (non-hydrogen) atoms. The molecule has 2 amide bonds. The Morgan fingerprint density at radius 1 is 1.08 bits per heavy atom. The highest BCUT2D eigenvalue weighted by Crippen LogP contribution is 2.44. The third-order valence-electron chi connectivity index (χ3n) is 5.83. The number of hydrogen-bond donors (Lipinski definition) is 3. The van der Waals surface area contributed by atoms with Crippen molar-refractivity contribution in [2.24, 2.45) is 0 Å². The van der Waals surface area contributed by atoms with E-state index in [1.165, 1.54) is 13.1 Å². The molecule has 0 saturated carbocycles. The minimum Gasteiger partial charge on any atom is -0.480 e. The Bertz CT molecular complexity index is 1420. The lowest BCUT2D eigenvalue weighted by Gasteiger charge is -2.20. The highest BCUT2D eigenvalue weighted by Gasteiger charge is 2.29. The number of nitrogens with zero attached hydrogens (tertiary/aromatic N) is 2. The van der Waals surface area contributed by atoms with Crippen LogP contribution < -0.4 is 16.6 Å². The van der Waals surface area contributed by atoms with E-state index in [2.05, 4.69) is 10.3 Å². The summed E-state index contributed by atoms with van der Waals surface area (Å²) in [5.41, 5.74) is 3.19. The minimum atomic E-state index is -1.27. The third kappa shape index (κ3) is 5.92. The van der Waals surface area contributed by atoms with E-state index in [1.54, 1.807) is 0 Å². The highest BCUT2D eigenvalue weighted by atomic mass is 32.2. The monoisotopic (exact) mass is 524 g/mol. The fraction of sp³-hybridized carbons (Fsp3) is 0.240. The molecule has 0 aliphatic heterocycles. The lowest BCUT2D eigenvalue weighted by Crippen LogP contribution is -2.39. The average Bonchev–Trinajstić information content (AvgIpc) is 3.19. The number of aromatic amines is 1. The summed E-state index contributed by atoms with van der Waals surface area (Å²) >= 11 is 0.758. The second-order valence-electron chi connectivity index (χ2n) is 8.30. The van der Waals surface area contributed by atoms with Crippen molar-refractivity contribution in [3.8, 4) is 11.1 Å². The number of carboxylic acid groups (broad SMARTS) is 1. The Kier molecular flexibility index (Phi) is 7.77. The number of aryl methyl sites for hydroxylation is 1. The van der Waals surface area contributed by atoms with Crippen molar-refractivity contribution in [3.63, 3.8) is 0 Å². The second kappa shape index (κ2) is 11.2. The van der Waals surface area contributed by atoms with Gasteiger partial charge in [-0.05, 0) is 41.1 Å². The molecule has 0 radical (unpaired) electrons. The van der Waals surface area contributed by atoms with Crippen molar-refractivity contribution in [1.29, 1.82) is 0 Å². The van der Waals surface area contributed by atoms with Gasteiger partial charge in [-0.3, -0.25) is 28.2 Å². The number of amides is 2. The standard InChI is InChI=1S/C25H24N4O7S/c1-15-10-28(24(34)27-23(15)33)11-21(30)29(12-22(31)32)37-14-26-25(35)36-13-20-18-8-4-2-6-16(18)17-7-3-5-9-19(17)20/h2-10,20H,11-14H2,1H3,(H,26,35)(H,31,32)(H,27,33,34). The lowest BCUT2D eigenvalue weighted by atomic mass is 9.98. The largest absolute Gasteiger partial charge is 0.480 e. The molecule has 4 rings (SSSR count). The average molecular weight is 525 g/mol. The number of carbonyl (C=O) groups excluding carboxylic acids is 2. The van der Waals surface area contributed by atoms with Crippen LogP contribution in [0.4, 0.5) is 4.79 Å². The summed E-state index contributed by atoms with van der Waals surface area (Å²) in [6.45, 7) is 0.437.